The molecule has 0 N–H and O–H groups in total. The number of carbonyl (C=O) groups is 1. The Morgan fingerprint density at radius 3 is 2.50 bits per heavy atom. The van der Waals surface area contributed by atoms with Gasteiger partial charge in [-0.15, -0.1) is 0 Å². The van der Waals surface area contributed by atoms with Crippen molar-refractivity contribution in [1.29, 1.82) is 0 Å². The molecule has 3 nitrogen and oxygen atoms in total. The fourth-order valence-corrected chi connectivity index (χ4v) is 3.34. The summed E-state index contributed by atoms with van der Waals surface area (Å²) in [6, 6.07) is 16.1. The van der Waals surface area contributed by atoms with Gasteiger partial charge in [0.25, 0.3) is 0 Å². The predicted octanol–water partition coefficient (Wildman–Crippen LogP) is 3.54. The number of piperazine rings is 1. The number of hydrogen-bond acceptors (Lipinski definition) is 2. The van der Waals surface area contributed by atoms with E-state index in [-0.39, 0.29) is 5.91 Å². The summed E-state index contributed by atoms with van der Waals surface area (Å²) in [5, 5.41) is 0.777. The molecule has 0 spiro atoms. The van der Waals surface area contributed by atoms with Crippen LogP contribution in [0.5, 0.6) is 0 Å². The highest BCUT2D eigenvalue weighted by atomic mass is 35.5. The molecule has 0 bridgehead atoms. The van der Waals surface area contributed by atoms with Crippen molar-refractivity contribution >= 4 is 17.5 Å². The maximum atomic E-state index is 12.5. The normalized spacial score (nSPS) is 15.5. The minimum Gasteiger partial charge on any atom is -0.340 e. The van der Waals surface area contributed by atoms with Crippen LogP contribution >= 0.6 is 11.6 Å². The lowest BCUT2D eigenvalue weighted by atomic mass is 10.1. The lowest BCUT2D eigenvalue weighted by molar-refractivity contribution is -0.132. The Bertz CT molecular complexity index is 708. The molecule has 1 aliphatic rings. The molecule has 1 heterocycles. The van der Waals surface area contributed by atoms with Gasteiger partial charge in [0.15, 0.2) is 0 Å². The zero-order chi connectivity index (χ0) is 16.9. The lowest BCUT2D eigenvalue weighted by Crippen LogP contribution is -2.48. The van der Waals surface area contributed by atoms with E-state index in [1.54, 1.807) is 0 Å². The second-order valence-electron chi connectivity index (χ2n) is 6.39. The van der Waals surface area contributed by atoms with Crippen molar-refractivity contribution in [1.82, 2.24) is 9.80 Å². The molecule has 1 saturated heterocycles. The van der Waals surface area contributed by atoms with Gasteiger partial charge in [0.05, 0.1) is 6.42 Å². The first-order chi connectivity index (χ1) is 11.6. The monoisotopic (exact) mass is 342 g/mol. The first-order valence-electron chi connectivity index (χ1n) is 8.41. The van der Waals surface area contributed by atoms with Crippen LogP contribution in [0.1, 0.15) is 16.7 Å². The summed E-state index contributed by atoms with van der Waals surface area (Å²) < 4.78 is 0. The average molecular weight is 343 g/mol. The third-order valence-corrected chi connectivity index (χ3v) is 4.86. The average Bonchev–Trinajstić information content (AvgIpc) is 2.57. The number of hydrogen-bond donors (Lipinski definition) is 0. The minimum absolute atomic E-state index is 0.228. The van der Waals surface area contributed by atoms with E-state index in [0.29, 0.717) is 6.42 Å². The summed E-state index contributed by atoms with van der Waals surface area (Å²) in [6.07, 6.45) is 0.501. The molecule has 2 aromatic rings. The molecule has 0 radical (unpaired) electrons. The highest BCUT2D eigenvalue weighted by molar-refractivity contribution is 6.30. The van der Waals surface area contributed by atoms with Crippen molar-refractivity contribution in [2.24, 2.45) is 0 Å². The summed E-state index contributed by atoms with van der Waals surface area (Å²) in [4.78, 5) is 16.9. The van der Waals surface area contributed by atoms with Crippen molar-refractivity contribution < 1.29 is 4.79 Å². The maximum Gasteiger partial charge on any atom is 0.227 e. The first kappa shape index (κ1) is 17.0. The molecule has 0 atom stereocenters. The van der Waals surface area contributed by atoms with Crippen molar-refractivity contribution in [2.75, 3.05) is 26.2 Å². The number of amides is 1. The number of aryl methyl sites for hydroxylation is 1. The van der Waals surface area contributed by atoms with Crippen molar-refractivity contribution in [3.05, 3.63) is 70.2 Å². The van der Waals surface area contributed by atoms with Crippen LogP contribution in [0.4, 0.5) is 0 Å². The second kappa shape index (κ2) is 7.82. The van der Waals surface area contributed by atoms with E-state index >= 15 is 0 Å². The van der Waals surface area contributed by atoms with Crippen LogP contribution in [0.15, 0.2) is 48.5 Å². The van der Waals surface area contributed by atoms with Gasteiger partial charge in [0.1, 0.15) is 0 Å². The Morgan fingerprint density at radius 1 is 1.04 bits per heavy atom. The number of rotatable bonds is 4. The molecular weight excluding hydrogens is 320 g/mol. The Labute approximate surface area is 148 Å². The third kappa shape index (κ3) is 4.37. The van der Waals surface area contributed by atoms with Crippen LogP contribution in [0, 0.1) is 6.92 Å². The van der Waals surface area contributed by atoms with Gasteiger partial charge in [0.2, 0.25) is 5.91 Å². The molecule has 126 valence electrons. The van der Waals surface area contributed by atoms with Gasteiger partial charge >= 0.3 is 0 Å². The molecule has 0 saturated carbocycles. The van der Waals surface area contributed by atoms with Gasteiger partial charge in [-0.05, 0) is 35.7 Å². The molecule has 0 aromatic heterocycles. The Hall–Kier alpha value is -1.84. The van der Waals surface area contributed by atoms with E-state index < -0.39 is 0 Å². The Morgan fingerprint density at radius 2 is 1.79 bits per heavy atom. The second-order valence-corrected chi connectivity index (χ2v) is 6.83. The van der Waals surface area contributed by atoms with Crippen LogP contribution in [0.2, 0.25) is 5.02 Å². The van der Waals surface area contributed by atoms with E-state index in [1.165, 1.54) is 11.1 Å². The van der Waals surface area contributed by atoms with Gasteiger partial charge < -0.3 is 4.90 Å². The molecule has 1 fully saturated rings. The highest BCUT2D eigenvalue weighted by Crippen LogP contribution is 2.15. The molecule has 3 rings (SSSR count). The topological polar surface area (TPSA) is 23.6 Å². The molecule has 24 heavy (non-hydrogen) atoms. The summed E-state index contributed by atoms with van der Waals surface area (Å²) >= 11 is 6.05. The standard InChI is InChI=1S/C20H23ClN2O/c1-16-5-2-3-7-18(16)14-20(24)23-11-9-22(10-12-23)15-17-6-4-8-19(21)13-17/h2-8,13H,9-12,14-15H2,1H3. The van der Waals surface area contributed by atoms with Crippen LogP contribution in [0.25, 0.3) is 0 Å². The molecule has 1 amide bonds. The molecule has 0 unspecified atom stereocenters. The van der Waals surface area contributed by atoms with E-state index in [9.17, 15) is 4.79 Å². The number of benzene rings is 2. The molecule has 1 aliphatic heterocycles. The Kier molecular flexibility index (Phi) is 5.54. The quantitative estimate of drug-likeness (QED) is 0.848. The van der Waals surface area contributed by atoms with Gasteiger partial charge in [-0.1, -0.05) is 48.0 Å². The Balaban J connectivity index is 1.51. The van der Waals surface area contributed by atoms with E-state index in [1.807, 2.05) is 41.3 Å². The minimum atomic E-state index is 0.228. The zero-order valence-corrected chi connectivity index (χ0v) is 14.8. The largest absolute Gasteiger partial charge is 0.340 e. The van der Waals surface area contributed by atoms with Crippen molar-refractivity contribution in [3.63, 3.8) is 0 Å². The smallest absolute Gasteiger partial charge is 0.227 e. The van der Waals surface area contributed by atoms with Gasteiger partial charge in [0, 0.05) is 37.7 Å². The lowest BCUT2D eigenvalue weighted by Gasteiger charge is -2.35. The van der Waals surface area contributed by atoms with Crippen LogP contribution < -0.4 is 0 Å². The first-order valence-corrected chi connectivity index (χ1v) is 8.79. The molecular formula is C20H23ClN2O. The number of carbonyl (C=O) groups excluding carboxylic acids is 1. The third-order valence-electron chi connectivity index (χ3n) is 4.62. The van der Waals surface area contributed by atoms with Gasteiger partial charge in [-0.3, -0.25) is 9.69 Å². The van der Waals surface area contributed by atoms with E-state index in [0.717, 1.165) is 43.3 Å². The SMILES string of the molecule is Cc1ccccc1CC(=O)N1CCN(Cc2cccc(Cl)c2)CC1. The predicted molar refractivity (Wildman–Crippen MR) is 98.2 cm³/mol. The van der Waals surface area contributed by atoms with Crippen LogP contribution in [-0.4, -0.2) is 41.9 Å². The zero-order valence-electron chi connectivity index (χ0n) is 14.0. The summed E-state index contributed by atoms with van der Waals surface area (Å²) in [6.45, 7) is 6.36. The van der Waals surface area contributed by atoms with E-state index in [4.69, 9.17) is 11.6 Å². The van der Waals surface area contributed by atoms with E-state index in [2.05, 4.69) is 24.0 Å². The fourth-order valence-electron chi connectivity index (χ4n) is 3.13. The molecule has 2 aromatic carbocycles. The number of nitrogens with zero attached hydrogens (tertiary/aromatic N) is 2. The van der Waals surface area contributed by atoms with Crippen molar-refractivity contribution in [2.45, 2.75) is 19.9 Å². The fraction of sp³-hybridized carbons (Fsp3) is 0.350. The van der Waals surface area contributed by atoms with Gasteiger partial charge in [-0.2, -0.15) is 0 Å². The molecule has 4 heteroatoms. The van der Waals surface area contributed by atoms with Crippen LogP contribution in [-0.2, 0) is 17.8 Å². The summed E-state index contributed by atoms with van der Waals surface area (Å²) in [5.41, 5.74) is 3.54. The maximum absolute atomic E-state index is 12.5. The van der Waals surface area contributed by atoms with Gasteiger partial charge in [-0.25, -0.2) is 0 Å². The number of halogens is 1. The molecule has 0 aliphatic carbocycles. The van der Waals surface area contributed by atoms with Crippen LogP contribution in [0.3, 0.4) is 0 Å². The van der Waals surface area contributed by atoms with Crippen molar-refractivity contribution in [3.8, 4) is 0 Å². The summed E-state index contributed by atoms with van der Waals surface area (Å²) in [7, 11) is 0. The summed E-state index contributed by atoms with van der Waals surface area (Å²) in [5.74, 6) is 0.228. The highest BCUT2D eigenvalue weighted by Gasteiger charge is 2.21.